The van der Waals surface area contributed by atoms with Crippen molar-refractivity contribution in [1.29, 1.82) is 0 Å². The van der Waals surface area contributed by atoms with Crippen LogP contribution in [0.15, 0.2) is 17.7 Å². The molecule has 1 saturated carbocycles. The summed E-state index contributed by atoms with van der Waals surface area (Å²) in [7, 11) is -3.57. The summed E-state index contributed by atoms with van der Waals surface area (Å²) < 4.78 is 27.2. The fourth-order valence-electron chi connectivity index (χ4n) is 2.29. The van der Waals surface area contributed by atoms with Gasteiger partial charge in [0.15, 0.2) is 5.03 Å². The molecule has 1 aliphatic carbocycles. The van der Waals surface area contributed by atoms with Crippen LogP contribution in [-0.2, 0) is 16.6 Å². The van der Waals surface area contributed by atoms with Crippen LogP contribution in [0.3, 0.4) is 0 Å². The lowest BCUT2D eigenvalue weighted by Crippen LogP contribution is -2.34. The van der Waals surface area contributed by atoms with Gasteiger partial charge in [0, 0.05) is 30.4 Å². The van der Waals surface area contributed by atoms with Gasteiger partial charge in [-0.25, -0.2) is 8.42 Å². The second-order valence-electron chi connectivity index (χ2n) is 5.40. The molecule has 0 spiro atoms. The summed E-state index contributed by atoms with van der Waals surface area (Å²) in [6.07, 6.45) is 4.47. The predicted molar refractivity (Wildman–Crippen MR) is 82.4 cm³/mol. The highest BCUT2D eigenvalue weighted by Crippen LogP contribution is 2.32. The average molecular weight is 312 g/mol. The smallest absolute Gasteiger partial charge is 0.263 e. The lowest BCUT2D eigenvalue weighted by molar-refractivity contribution is 0.432. The van der Waals surface area contributed by atoms with E-state index in [9.17, 15) is 8.42 Å². The SMILES string of the molecule is C=CCN(C1CC1)S(=O)(=O)c1n[nH]c(C)c1CNCCC. The molecule has 0 aliphatic heterocycles. The first kappa shape index (κ1) is 16.2. The number of hydrogen-bond acceptors (Lipinski definition) is 4. The number of sulfonamides is 1. The topological polar surface area (TPSA) is 78.1 Å². The van der Waals surface area contributed by atoms with Gasteiger partial charge in [0.25, 0.3) is 10.0 Å². The maximum Gasteiger partial charge on any atom is 0.263 e. The molecule has 0 bridgehead atoms. The zero-order valence-corrected chi connectivity index (χ0v) is 13.5. The van der Waals surface area contributed by atoms with E-state index in [-0.39, 0.29) is 11.1 Å². The molecule has 1 heterocycles. The number of H-pyrrole nitrogens is 1. The second-order valence-corrected chi connectivity index (χ2v) is 7.21. The molecule has 1 aromatic heterocycles. The molecule has 0 amide bonds. The minimum Gasteiger partial charge on any atom is -0.313 e. The van der Waals surface area contributed by atoms with Crippen LogP contribution in [0.1, 0.15) is 37.4 Å². The number of aromatic nitrogens is 2. The third-order valence-electron chi connectivity index (χ3n) is 3.58. The van der Waals surface area contributed by atoms with E-state index < -0.39 is 10.0 Å². The van der Waals surface area contributed by atoms with Gasteiger partial charge in [0.05, 0.1) is 0 Å². The van der Waals surface area contributed by atoms with Crippen LogP contribution in [0.5, 0.6) is 0 Å². The highest BCUT2D eigenvalue weighted by atomic mass is 32.2. The molecule has 21 heavy (non-hydrogen) atoms. The lowest BCUT2D eigenvalue weighted by Gasteiger charge is -2.19. The highest BCUT2D eigenvalue weighted by Gasteiger charge is 2.39. The van der Waals surface area contributed by atoms with Gasteiger partial charge in [-0.3, -0.25) is 5.10 Å². The van der Waals surface area contributed by atoms with Crippen LogP contribution < -0.4 is 5.32 Å². The van der Waals surface area contributed by atoms with Gasteiger partial charge in [-0.05, 0) is 32.7 Å². The van der Waals surface area contributed by atoms with E-state index in [0.29, 0.717) is 13.1 Å². The number of nitrogens with zero attached hydrogens (tertiary/aromatic N) is 2. The molecule has 0 aromatic carbocycles. The van der Waals surface area contributed by atoms with Crippen molar-refractivity contribution in [2.45, 2.75) is 50.7 Å². The van der Waals surface area contributed by atoms with Crippen molar-refractivity contribution in [3.05, 3.63) is 23.9 Å². The Balaban J connectivity index is 2.28. The molecule has 1 fully saturated rings. The average Bonchev–Trinajstić information content (AvgIpc) is 3.20. The van der Waals surface area contributed by atoms with Gasteiger partial charge >= 0.3 is 0 Å². The fraction of sp³-hybridized carbons (Fsp3) is 0.643. The Labute approximate surface area is 126 Å². The van der Waals surface area contributed by atoms with Crippen LogP contribution >= 0.6 is 0 Å². The summed E-state index contributed by atoms with van der Waals surface area (Å²) >= 11 is 0. The van der Waals surface area contributed by atoms with Crippen LogP contribution in [-0.4, -0.2) is 42.1 Å². The summed E-state index contributed by atoms with van der Waals surface area (Å²) in [5.41, 5.74) is 1.53. The second kappa shape index (κ2) is 6.72. The van der Waals surface area contributed by atoms with Crippen molar-refractivity contribution in [2.75, 3.05) is 13.1 Å². The summed E-state index contributed by atoms with van der Waals surface area (Å²) in [4.78, 5) is 0. The Morgan fingerprint density at radius 2 is 2.24 bits per heavy atom. The van der Waals surface area contributed by atoms with E-state index in [0.717, 1.165) is 37.1 Å². The standard InChI is InChI=1S/C14H24N4O2S/c1-4-8-15-10-13-11(3)16-17-14(13)21(19,20)18(9-5-2)12-6-7-12/h5,12,15H,2,4,6-10H2,1,3H3,(H,16,17). The van der Waals surface area contributed by atoms with E-state index in [1.165, 1.54) is 4.31 Å². The Morgan fingerprint density at radius 1 is 1.52 bits per heavy atom. The van der Waals surface area contributed by atoms with Gasteiger partial charge in [-0.1, -0.05) is 13.0 Å². The third-order valence-corrected chi connectivity index (χ3v) is 5.47. The molecule has 1 aromatic rings. The Bertz CT molecular complexity index is 590. The van der Waals surface area contributed by atoms with E-state index in [1.54, 1.807) is 6.08 Å². The molecule has 7 heteroatoms. The first-order valence-electron chi connectivity index (χ1n) is 7.39. The van der Waals surface area contributed by atoms with Gasteiger partial charge in [0.2, 0.25) is 0 Å². The summed E-state index contributed by atoms with van der Waals surface area (Å²) in [5, 5.41) is 10.2. The minimum atomic E-state index is -3.57. The fourth-order valence-corrected chi connectivity index (χ4v) is 4.11. The number of hydrogen-bond donors (Lipinski definition) is 2. The van der Waals surface area contributed by atoms with E-state index in [2.05, 4.69) is 29.0 Å². The molecule has 118 valence electrons. The van der Waals surface area contributed by atoms with E-state index in [4.69, 9.17) is 0 Å². The molecule has 1 aliphatic rings. The quantitative estimate of drug-likeness (QED) is 0.536. The van der Waals surface area contributed by atoms with Crippen LogP contribution in [0.4, 0.5) is 0 Å². The monoisotopic (exact) mass is 312 g/mol. The van der Waals surface area contributed by atoms with Gasteiger partial charge in [0.1, 0.15) is 0 Å². The largest absolute Gasteiger partial charge is 0.313 e. The minimum absolute atomic E-state index is 0.0986. The number of aryl methyl sites for hydroxylation is 1. The van der Waals surface area contributed by atoms with E-state index >= 15 is 0 Å². The Kier molecular flexibility index (Phi) is 5.18. The molecule has 0 unspecified atom stereocenters. The molecule has 0 saturated heterocycles. The zero-order valence-electron chi connectivity index (χ0n) is 12.7. The van der Waals surface area contributed by atoms with Crippen LogP contribution in [0.25, 0.3) is 0 Å². The van der Waals surface area contributed by atoms with Crippen molar-refractivity contribution in [3.63, 3.8) is 0 Å². The van der Waals surface area contributed by atoms with Crippen molar-refractivity contribution >= 4 is 10.0 Å². The number of nitrogens with one attached hydrogen (secondary N) is 2. The highest BCUT2D eigenvalue weighted by molar-refractivity contribution is 7.89. The summed E-state index contributed by atoms with van der Waals surface area (Å²) in [6.45, 7) is 9.28. The summed E-state index contributed by atoms with van der Waals surface area (Å²) in [6, 6.07) is 0.0986. The Hall–Kier alpha value is -1.18. The molecule has 2 N–H and O–H groups in total. The number of rotatable bonds is 9. The van der Waals surface area contributed by atoms with Crippen LogP contribution in [0, 0.1) is 6.92 Å². The predicted octanol–water partition coefficient (Wildman–Crippen LogP) is 1.56. The van der Waals surface area contributed by atoms with Crippen molar-refractivity contribution in [3.8, 4) is 0 Å². The van der Waals surface area contributed by atoms with Crippen molar-refractivity contribution < 1.29 is 8.42 Å². The third kappa shape index (κ3) is 3.53. The van der Waals surface area contributed by atoms with Crippen LogP contribution in [0.2, 0.25) is 0 Å². The van der Waals surface area contributed by atoms with E-state index in [1.807, 2.05) is 6.92 Å². The lowest BCUT2D eigenvalue weighted by atomic mass is 10.2. The van der Waals surface area contributed by atoms with Gasteiger partial charge in [-0.15, -0.1) is 6.58 Å². The van der Waals surface area contributed by atoms with Gasteiger partial charge < -0.3 is 5.32 Å². The first-order valence-corrected chi connectivity index (χ1v) is 8.83. The molecular formula is C14H24N4O2S. The Morgan fingerprint density at radius 3 is 2.81 bits per heavy atom. The van der Waals surface area contributed by atoms with Crippen molar-refractivity contribution in [1.82, 2.24) is 19.8 Å². The first-order chi connectivity index (χ1) is 10.0. The molecule has 2 rings (SSSR count). The van der Waals surface area contributed by atoms with Crippen molar-refractivity contribution in [2.24, 2.45) is 0 Å². The normalized spacial score (nSPS) is 15.6. The summed E-state index contributed by atoms with van der Waals surface area (Å²) in [5.74, 6) is 0. The maximum absolute atomic E-state index is 12.8. The zero-order chi connectivity index (χ0) is 15.5. The molecular weight excluding hydrogens is 288 g/mol. The van der Waals surface area contributed by atoms with Gasteiger partial charge in [-0.2, -0.15) is 9.40 Å². The number of aromatic amines is 1. The molecule has 6 nitrogen and oxygen atoms in total. The molecule has 0 atom stereocenters. The maximum atomic E-state index is 12.8. The molecule has 0 radical (unpaired) electrons.